The lowest BCUT2D eigenvalue weighted by atomic mass is 10.1. The number of pyridine rings is 1. The van der Waals surface area contributed by atoms with Gasteiger partial charge in [0.15, 0.2) is 0 Å². The zero-order valence-electron chi connectivity index (χ0n) is 10.1. The van der Waals surface area contributed by atoms with Crippen LogP contribution in [0.5, 0.6) is 0 Å². The van der Waals surface area contributed by atoms with Gasteiger partial charge in [0.25, 0.3) is 11.6 Å². The fraction of sp³-hybridized carbons (Fsp3) is 0. The summed E-state index contributed by atoms with van der Waals surface area (Å²) in [6.45, 7) is 0. The second-order valence-corrected chi connectivity index (χ2v) is 5.46. The van der Waals surface area contributed by atoms with Crippen LogP contribution in [0.1, 0.15) is 10.4 Å². The van der Waals surface area contributed by atoms with Crippen LogP contribution in [0.15, 0.2) is 34.9 Å². The Balaban J connectivity index is 2.36. The Hall–Kier alpha value is -1.70. The molecule has 1 aromatic heterocycles. The molecule has 9 heteroatoms. The van der Waals surface area contributed by atoms with Crippen molar-refractivity contribution in [2.75, 3.05) is 5.32 Å². The highest BCUT2D eigenvalue weighted by molar-refractivity contribution is 9.10. The molecule has 0 radical (unpaired) electrons. The molecule has 2 aromatic rings. The smallest absolute Gasteiger partial charge is 0.283 e. The van der Waals surface area contributed by atoms with E-state index < -0.39 is 10.8 Å². The van der Waals surface area contributed by atoms with E-state index in [1.165, 1.54) is 30.5 Å². The molecule has 0 unspecified atom stereocenters. The molecule has 1 N–H and O–H groups in total. The van der Waals surface area contributed by atoms with Crippen LogP contribution in [0.25, 0.3) is 0 Å². The average Bonchev–Trinajstić information content (AvgIpc) is 2.42. The zero-order chi connectivity index (χ0) is 15.6. The van der Waals surface area contributed by atoms with Gasteiger partial charge >= 0.3 is 0 Å². The van der Waals surface area contributed by atoms with E-state index in [1.54, 1.807) is 0 Å². The molecule has 1 aromatic carbocycles. The van der Waals surface area contributed by atoms with Crippen molar-refractivity contribution in [1.82, 2.24) is 4.98 Å². The topological polar surface area (TPSA) is 85.1 Å². The van der Waals surface area contributed by atoms with Crippen LogP contribution in [-0.2, 0) is 0 Å². The maximum absolute atomic E-state index is 12.2. The molecule has 0 aliphatic rings. The maximum atomic E-state index is 12.2. The van der Waals surface area contributed by atoms with Crippen molar-refractivity contribution >= 4 is 56.4 Å². The summed E-state index contributed by atoms with van der Waals surface area (Å²) in [7, 11) is 0. The molecule has 0 spiro atoms. The van der Waals surface area contributed by atoms with Gasteiger partial charge in [-0.3, -0.25) is 14.9 Å². The third-order valence-corrected chi connectivity index (χ3v) is 3.92. The van der Waals surface area contributed by atoms with E-state index in [9.17, 15) is 14.9 Å². The van der Waals surface area contributed by atoms with Crippen LogP contribution in [0.2, 0.25) is 10.2 Å². The molecule has 108 valence electrons. The van der Waals surface area contributed by atoms with Crippen LogP contribution in [-0.4, -0.2) is 15.8 Å². The van der Waals surface area contributed by atoms with Crippen molar-refractivity contribution in [1.29, 1.82) is 0 Å². The van der Waals surface area contributed by atoms with Crippen molar-refractivity contribution in [2.45, 2.75) is 0 Å². The van der Waals surface area contributed by atoms with Gasteiger partial charge < -0.3 is 5.32 Å². The Morgan fingerprint density at radius 2 is 2.10 bits per heavy atom. The molecule has 0 fully saturated rings. The van der Waals surface area contributed by atoms with Crippen LogP contribution in [0.4, 0.5) is 11.4 Å². The highest BCUT2D eigenvalue weighted by Crippen LogP contribution is 2.28. The minimum Gasteiger partial charge on any atom is -0.320 e. The van der Waals surface area contributed by atoms with Crippen LogP contribution in [0, 0.1) is 10.1 Å². The number of nitrogens with one attached hydrogen (secondary N) is 1. The molecule has 0 aliphatic carbocycles. The molecule has 21 heavy (non-hydrogen) atoms. The monoisotopic (exact) mass is 389 g/mol. The second kappa shape index (κ2) is 6.38. The SMILES string of the molecule is O=C(Nc1cnc(Cl)c(Br)c1)c1c(Cl)cccc1[N+](=O)[O-]. The minimum absolute atomic E-state index is 0.0114. The van der Waals surface area contributed by atoms with Gasteiger partial charge in [-0.05, 0) is 28.1 Å². The third kappa shape index (κ3) is 3.49. The standard InChI is InChI=1S/C12H6BrCl2N3O3/c13-7-4-6(5-16-11(7)15)17-12(19)10-8(14)2-1-3-9(10)18(20)21/h1-5H,(H,17,19). The Morgan fingerprint density at radius 3 is 2.71 bits per heavy atom. The first-order chi connectivity index (χ1) is 9.90. The average molecular weight is 391 g/mol. The van der Waals surface area contributed by atoms with Crippen LogP contribution in [0.3, 0.4) is 0 Å². The van der Waals surface area contributed by atoms with Gasteiger partial charge in [-0.2, -0.15) is 0 Å². The van der Waals surface area contributed by atoms with Gasteiger partial charge in [0.2, 0.25) is 0 Å². The first-order valence-electron chi connectivity index (χ1n) is 5.45. The molecule has 6 nitrogen and oxygen atoms in total. The summed E-state index contributed by atoms with van der Waals surface area (Å²) in [6, 6.07) is 5.53. The Labute approximate surface area is 137 Å². The number of carbonyl (C=O) groups excluding carboxylic acids is 1. The Morgan fingerprint density at radius 1 is 1.38 bits per heavy atom. The number of rotatable bonds is 3. The van der Waals surface area contributed by atoms with Crippen molar-refractivity contribution in [3.8, 4) is 0 Å². The quantitative estimate of drug-likeness (QED) is 0.480. The van der Waals surface area contributed by atoms with Crippen LogP contribution >= 0.6 is 39.1 Å². The molecule has 1 heterocycles. The highest BCUT2D eigenvalue weighted by atomic mass is 79.9. The van der Waals surface area contributed by atoms with Crippen molar-refractivity contribution in [2.24, 2.45) is 0 Å². The van der Waals surface area contributed by atoms with Gasteiger partial charge in [0.1, 0.15) is 10.7 Å². The van der Waals surface area contributed by atoms with Crippen LogP contribution < -0.4 is 5.32 Å². The number of hydrogen-bond donors (Lipinski definition) is 1. The lowest BCUT2D eigenvalue weighted by Crippen LogP contribution is -2.14. The molecule has 0 bridgehead atoms. The molecule has 1 amide bonds. The van der Waals surface area contributed by atoms with Gasteiger partial charge in [0.05, 0.1) is 26.3 Å². The lowest BCUT2D eigenvalue weighted by molar-refractivity contribution is -0.385. The number of benzene rings is 1. The number of nitro benzene ring substituents is 1. The van der Waals surface area contributed by atoms with E-state index in [-0.39, 0.29) is 21.4 Å². The second-order valence-electron chi connectivity index (χ2n) is 3.84. The minimum atomic E-state index is -0.705. The zero-order valence-corrected chi connectivity index (χ0v) is 13.2. The van der Waals surface area contributed by atoms with Crippen molar-refractivity contribution < 1.29 is 9.72 Å². The summed E-state index contributed by atoms with van der Waals surface area (Å²) in [6.07, 6.45) is 1.33. The number of anilines is 1. The van der Waals surface area contributed by atoms with E-state index in [4.69, 9.17) is 23.2 Å². The Kier molecular flexibility index (Phi) is 4.76. The molecular weight excluding hydrogens is 385 g/mol. The molecule has 0 aliphatic heterocycles. The molecular formula is C12H6BrCl2N3O3. The lowest BCUT2D eigenvalue weighted by Gasteiger charge is -2.07. The van der Waals surface area contributed by atoms with Gasteiger partial charge in [0, 0.05) is 6.07 Å². The first kappa shape index (κ1) is 15.7. The summed E-state index contributed by atoms with van der Waals surface area (Å²) < 4.78 is 0.482. The van der Waals surface area contributed by atoms with E-state index in [0.717, 1.165) is 0 Å². The van der Waals surface area contributed by atoms with Crippen molar-refractivity contribution in [3.63, 3.8) is 0 Å². The molecule has 0 saturated heterocycles. The number of aromatic nitrogens is 1. The van der Waals surface area contributed by atoms with Gasteiger partial charge in [-0.15, -0.1) is 0 Å². The summed E-state index contributed by atoms with van der Waals surface area (Å²) in [5, 5.41) is 13.7. The number of carbonyl (C=O) groups is 1. The maximum Gasteiger partial charge on any atom is 0.283 e. The largest absolute Gasteiger partial charge is 0.320 e. The van der Waals surface area contributed by atoms with E-state index in [0.29, 0.717) is 10.2 Å². The summed E-state index contributed by atoms with van der Waals surface area (Å²) in [5.74, 6) is -0.705. The predicted octanol–water partition coefficient (Wildman–Crippen LogP) is 4.31. The predicted molar refractivity (Wildman–Crippen MR) is 83.0 cm³/mol. The van der Waals surface area contributed by atoms with E-state index in [2.05, 4.69) is 26.2 Å². The van der Waals surface area contributed by atoms with Gasteiger partial charge in [-0.25, -0.2) is 4.98 Å². The highest BCUT2D eigenvalue weighted by Gasteiger charge is 2.23. The number of amides is 1. The number of nitrogens with zero attached hydrogens (tertiary/aromatic N) is 2. The fourth-order valence-corrected chi connectivity index (χ4v) is 2.28. The Bertz CT molecular complexity index is 740. The molecule has 0 saturated carbocycles. The summed E-state index contributed by atoms with van der Waals surface area (Å²) >= 11 is 14.8. The fourth-order valence-electron chi connectivity index (χ4n) is 1.57. The van der Waals surface area contributed by atoms with E-state index in [1.807, 2.05) is 0 Å². The van der Waals surface area contributed by atoms with E-state index >= 15 is 0 Å². The van der Waals surface area contributed by atoms with Crippen molar-refractivity contribution in [3.05, 3.63) is 60.8 Å². The number of nitro groups is 1. The molecule has 2 rings (SSSR count). The van der Waals surface area contributed by atoms with Gasteiger partial charge in [-0.1, -0.05) is 29.3 Å². The normalized spacial score (nSPS) is 10.2. The summed E-state index contributed by atoms with van der Waals surface area (Å²) in [5.41, 5.74) is -0.262. The third-order valence-electron chi connectivity index (χ3n) is 2.47. The number of halogens is 3. The summed E-state index contributed by atoms with van der Waals surface area (Å²) in [4.78, 5) is 26.3. The number of hydrogen-bond acceptors (Lipinski definition) is 4. The molecule has 0 atom stereocenters. The first-order valence-corrected chi connectivity index (χ1v) is 7.00.